The average molecular weight is 486 g/mol. The molecule has 1 aromatic carbocycles. The Morgan fingerprint density at radius 2 is 1.74 bits per heavy atom. The van der Waals surface area contributed by atoms with Gasteiger partial charge in [-0.05, 0) is 30.0 Å². The third kappa shape index (κ3) is 7.14. The number of halogens is 4. The number of nitriles is 1. The lowest BCUT2D eigenvalue weighted by atomic mass is 9.96. The molecule has 7 nitrogen and oxygen atoms in total. The summed E-state index contributed by atoms with van der Waals surface area (Å²) in [7, 11) is 0. The Kier molecular flexibility index (Phi) is 9.82. The topological polar surface area (TPSA) is 93.7 Å². The van der Waals surface area contributed by atoms with E-state index in [9.17, 15) is 32.4 Å². The zero-order valence-electron chi connectivity index (χ0n) is 19.4. The minimum atomic E-state index is -4.79. The smallest absolute Gasteiger partial charge is 0.368 e. The molecule has 0 aromatic heterocycles. The molecule has 2 atom stereocenters. The highest BCUT2D eigenvalue weighted by atomic mass is 19.4. The lowest BCUT2D eigenvalue weighted by Gasteiger charge is -2.37. The van der Waals surface area contributed by atoms with Crippen LogP contribution in [-0.2, 0) is 4.79 Å². The minimum absolute atomic E-state index is 0.0640. The molecule has 1 fully saturated rings. The molecule has 1 heterocycles. The lowest BCUT2D eigenvalue weighted by Crippen LogP contribution is -2.51. The molecular weight excluding hydrogens is 454 g/mol. The number of primary amides is 1. The lowest BCUT2D eigenvalue weighted by molar-refractivity contribution is -0.192. The number of hydrogen-bond donors (Lipinski definition) is 1. The van der Waals surface area contributed by atoms with Gasteiger partial charge in [0.05, 0.1) is 18.7 Å². The van der Waals surface area contributed by atoms with Crippen LogP contribution in [0.15, 0.2) is 24.3 Å². The summed E-state index contributed by atoms with van der Waals surface area (Å²) in [6.07, 6.45) is -4.73. The van der Waals surface area contributed by atoms with E-state index in [0.29, 0.717) is 32.7 Å². The summed E-state index contributed by atoms with van der Waals surface area (Å²) in [6.45, 7) is 4.55. The summed E-state index contributed by atoms with van der Waals surface area (Å²) in [5, 5.41) is 9.19. The number of piperazine rings is 1. The quantitative estimate of drug-likeness (QED) is 0.406. The van der Waals surface area contributed by atoms with Crippen molar-refractivity contribution in [2.24, 2.45) is 11.7 Å². The Morgan fingerprint density at radius 3 is 2.18 bits per heavy atom. The van der Waals surface area contributed by atoms with Crippen molar-refractivity contribution in [2.45, 2.75) is 38.5 Å². The van der Waals surface area contributed by atoms with Gasteiger partial charge < -0.3 is 10.6 Å². The zero-order valence-corrected chi connectivity index (χ0v) is 19.4. The first-order valence-electron chi connectivity index (χ1n) is 11.2. The van der Waals surface area contributed by atoms with Crippen LogP contribution in [0.3, 0.4) is 0 Å². The van der Waals surface area contributed by atoms with E-state index in [0.717, 1.165) is 4.90 Å². The molecule has 0 spiro atoms. The second-order valence-electron chi connectivity index (χ2n) is 8.77. The van der Waals surface area contributed by atoms with E-state index < -0.39 is 37.4 Å². The van der Waals surface area contributed by atoms with Crippen molar-refractivity contribution >= 4 is 11.8 Å². The van der Waals surface area contributed by atoms with Gasteiger partial charge in [0.25, 0.3) is 5.91 Å². The fraction of sp³-hybridized carbons (Fsp3) is 0.609. The van der Waals surface area contributed by atoms with Gasteiger partial charge in [0.15, 0.2) is 0 Å². The molecule has 1 aromatic rings. The number of amides is 2. The standard InChI is InChI=1S/C23H31F4N5O2/c1-16(2)15-19(21(29)33)32(10-8-28)20(23(25,26)27)17-3-5-18(6-4-17)22(34)31-13-11-30(9-7-24)12-14-31/h3-6,16,19-20H,7,9-15H2,1-2H3,(H2,29,33)/t19-,20?/m0/s1. The highest BCUT2D eigenvalue weighted by molar-refractivity contribution is 5.94. The van der Waals surface area contributed by atoms with Crippen LogP contribution < -0.4 is 5.73 Å². The van der Waals surface area contributed by atoms with E-state index in [1.807, 2.05) is 4.90 Å². The van der Waals surface area contributed by atoms with Gasteiger partial charge in [-0.25, -0.2) is 4.39 Å². The van der Waals surface area contributed by atoms with Crippen LogP contribution in [0, 0.1) is 17.2 Å². The summed E-state index contributed by atoms with van der Waals surface area (Å²) < 4.78 is 55.0. The molecule has 1 aliphatic rings. The van der Waals surface area contributed by atoms with Crippen LogP contribution in [0.25, 0.3) is 0 Å². The maximum absolute atomic E-state index is 14.2. The molecule has 0 aliphatic carbocycles. The number of alkyl halides is 4. The first kappa shape index (κ1) is 27.5. The van der Waals surface area contributed by atoms with Gasteiger partial charge in [0, 0.05) is 38.3 Å². The summed E-state index contributed by atoms with van der Waals surface area (Å²) >= 11 is 0. The van der Waals surface area contributed by atoms with Crippen LogP contribution in [0.5, 0.6) is 0 Å². The van der Waals surface area contributed by atoms with E-state index >= 15 is 0 Å². The predicted molar refractivity (Wildman–Crippen MR) is 118 cm³/mol. The van der Waals surface area contributed by atoms with Crippen LogP contribution in [-0.4, -0.2) is 84.7 Å². The van der Waals surface area contributed by atoms with E-state index in [1.54, 1.807) is 24.8 Å². The number of hydrogen-bond acceptors (Lipinski definition) is 5. The highest BCUT2D eigenvalue weighted by Gasteiger charge is 2.48. The SMILES string of the molecule is CC(C)C[C@@H](C(N)=O)N(CC#N)C(c1ccc(C(=O)N2CCN(CCF)CC2)cc1)C(F)(F)F. The van der Waals surface area contributed by atoms with Crippen molar-refractivity contribution in [3.8, 4) is 6.07 Å². The summed E-state index contributed by atoms with van der Waals surface area (Å²) in [6, 6.07) is 3.22. The zero-order chi connectivity index (χ0) is 25.5. The first-order chi connectivity index (χ1) is 16.0. The highest BCUT2D eigenvalue weighted by Crippen LogP contribution is 2.39. The molecule has 0 saturated carbocycles. The molecule has 2 N–H and O–H groups in total. The Hall–Kier alpha value is -2.71. The maximum Gasteiger partial charge on any atom is 0.408 e. The number of carbonyl (C=O) groups is 2. The third-order valence-electron chi connectivity index (χ3n) is 5.85. The van der Waals surface area contributed by atoms with Gasteiger partial charge >= 0.3 is 6.18 Å². The molecule has 0 bridgehead atoms. The molecule has 2 rings (SSSR count). The number of nitrogens with zero attached hydrogens (tertiary/aromatic N) is 4. The fourth-order valence-electron chi connectivity index (χ4n) is 4.18. The molecule has 2 amide bonds. The third-order valence-corrected chi connectivity index (χ3v) is 5.85. The molecule has 1 unspecified atom stereocenters. The van der Waals surface area contributed by atoms with Gasteiger partial charge in [0.2, 0.25) is 5.91 Å². The number of benzene rings is 1. The predicted octanol–water partition coefficient (Wildman–Crippen LogP) is 2.74. The van der Waals surface area contributed by atoms with Gasteiger partial charge in [0.1, 0.15) is 12.7 Å². The van der Waals surface area contributed by atoms with Crippen molar-refractivity contribution in [2.75, 3.05) is 45.9 Å². The Balaban J connectivity index is 2.29. The van der Waals surface area contributed by atoms with Crippen LogP contribution in [0.4, 0.5) is 17.6 Å². The monoisotopic (exact) mass is 485 g/mol. The summed E-state index contributed by atoms with van der Waals surface area (Å²) in [5.41, 5.74) is 5.45. The molecular formula is C23H31F4N5O2. The van der Waals surface area contributed by atoms with Crippen LogP contribution in [0.1, 0.15) is 42.2 Å². The van der Waals surface area contributed by atoms with Gasteiger partial charge in [-0.2, -0.15) is 18.4 Å². The van der Waals surface area contributed by atoms with Crippen molar-refractivity contribution < 1.29 is 27.2 Å². The molecule has 0 radical (unpaired) electrons. The second kappa shape index (κ2) is 12.1. The summed E-state index contributed by atoms with van der Waals surface area (Å²) in [5.74, 6) is -1.38. The largest absolute Gasteiger partial charge is 0.408 e. The van der Waals surface area contributed by atoms with Gasteiger partial charge in [-0.1, -0.05) is 26.0 Å². The Morgan fingerprint density at radius 1 is 1.15 bits per heavy atom. The maximum atomic E-state index is 14.2. The molecule has 1 saturated heterocycles. The molecule has 188 valence electrons. The average Bonchev–Trinajstić information content (AvgIpc) is 2.77. The Bertz CT molecular complexity index is 862. The van der Waals surface area contributed by atoms with Crippen molar-refractivity contribution in [3.05, 3.63) is 35.4 Å². The van der Waals surface area contributed by atoms with Crippen molar-refractivity contribution in [1.29, 1.82) is 5.26 Å². The van der Waals surface area contributed by atoms with Gasteiger partial charge in [-0.15, -0.1) is 0 Å². The van der Waals surface area contributed by atoms with E-state index in [4.69, 9.17) is 5.73 Å². The van der Waals surface area contributed by atoms with Crippen LogP contribution in [0.2, 0.25) is 0 Å². The van der Waals surface area contributed by atoms with Crippen molar-refractivity contribution in [1.82, 2.24) is 14.7 Å². The van der Waals surface area contributed by atoms with E-state index in [1.165, 1.54) is 24.3 Å². The number of carbonyl (C=O) groups excluding carboxylic acids is 2. The normalized spacial score (nSPS) is 17.0. The summed E-state index contributed by atoms with van der Waals surface area (Å²) in [4.78, 5) is 29.1. The van der Waals surface area contributed by atoms with E-state index in [2.05, 4.69) is 0 Å². The number of rotatable bonds is 10. The van der Waals surface area contributed by atoms with Crippen LogP contribution >= 0.6 is 0 Å². The van der Waals surface area contributed by atoms with E-state index in [-0.39, 0.29) is 29.4 Å². The molecule has 11 heteroatoms. The fourth-order valence-corrected chi connectivity index (χ4v) is 4.18. The molecule has 34 heavy (non-hydrogen) atoms. The first-order valence-corrected chi connectivity index (χ1v) is 11.2. The second-order valence-corrected chi connectivity index (χ2v) is 8.77. The Labute approximate surface area is 197 Å². The minimum Gasteiger partial charge on any atom is -0.368 e. The number of nitrogens with two attached hydrogens (primary N) is 1. The van der Waals surface area contributed by atoms with Gasteiger partial charge in [-0.3, -0.25) is 19.4 Å². The van der Waals surface area contributed by atoms with Crippen molar-refractivity contribution in [3.63, 3.8) is 0 Å². The molecule has 1 aliphatic heterocycles.